The van der Waals surface area contributed by atoms with E-state index in [4.69, 9.17) is 9.47 Å². The van der Waals surface area contributed by atoms with Crippen LogP contribution >= 0.6 is 0 Å². The molecule has 1 N–H and O–H groups in total. The highest BCUT2D eigenvalue weighted by Crippen LogP contribution is 2.14. The van der Waals surface area contributed by atoms with Gasteiger partial charge >= 0.3 is 5.97 Å². The fourth-order valence-electron chi connectivity index (χ4n) is 5.09. The summed E-state index contributed by atoms with van der Waals surface area (Å²) in [6.07, 6.45) is 34.1. The van der Waals surface area contributed by atoms with Crippen molar-refractivity contribution in [3.63, 3.8) is 0 Å². The zero-order chi connectivity index (χ0) is 27.8. The highest BCUT2D eigenvalue weighted by molar-refractivity contribution is 5.69. The van der Waals surface area contributed by atoms with Crippen molar-refractivity contribution in [1.29, 1.82) is 0 Å². The molecule has 0 radical (unpaired) electrons. The third-order valence-electron chi connectivity index (χ3n) is 7.68. The van der Waals surface area contributed by atoms with Crippen LogP contribution in [0, 0.1) is 0 Å². The molecule has 0 heterocycles. The minimum absolute atomic E-state index is 0.164. The molecule has 0 aromatic heterocycles. The van der Waals surface area contributed by atoms with E-state index in [0.29, 0.717) is 19.6 Å². The van der Waals surface area contributed by atoms with E-state index in [1.165, 1.54) is 148 Å². The van der Waals surface area contributed by atoms with E-state index in [2.05, 4.69) is 13.8 Å². The van der Waals surface area contributed by atoms with Gasteiger partial charge in [-0.15, -0.1) is 0 Å². The second-order valence-electron chi connectivity index (χ2n) is 11.6. The van der Waals surface area contributed by atoms with E-state index in [-0.39, 0.29) is 12.6 Å². The van der Waals surface area contributed by atoms with Gasteiger partial charge in [0.05, 0.1) is 13.2 Å². The van der Waals surface area contributed by atoms with Gasteiger partial charge in [-0.1, -0.05) is 168 Å². The Kier molecular flexibility index (Phi) is 32.1. The number of hydrogen-bond acceptors (Lipinski definition) is 4. The number of carbonyl (C=O) groups excluding carboxylic acids is 1. The Labute approximate surface area is 238 Å². The number of rotatable bonds is 32. The van der Waals surface area contributed by atoms with Crippen molar-refractivity contribution < 1.29 is 19.4 Å². The summed E-state index contributed by atoms with van der Waals surface area (Å²) in [5.74, 6) is -0.197. The summed E-state index contributed by atoms with van der Waals surface area (Å²) in [7, 11) is 0. The largest absolute Gasteiger partial charge is 0.457 e. The molecule has 0 saturated heterocycles. The van der Waals surface area contributed by atoms with Gasteiger partial charge in [-0.3, -0.25) is 4.79 Å². The summed E-state index contributed by atoms with van der Waals surface area (Å²) in [6, 6.07) is 0. The van der Waals surface area contributed by atoms with Crippen molar-refractivity contribution >= 4 is 5.97 Å². The van der Waals surface area contributed by atoms with Gasteiger partial charge in [0.1, 0.15) is 6.10 Å². The van der Waals surface area contributed by atoms with E-state index in [9.17, 15) is 9.90 Å². The lowest BCUT2D eigenvalue weighted by atomic mass is 10.0. The smallest absolute Gasteiger partial charge is 0.306 e. The standard InChI is InChI=1S/C34H68O4/c1-3-5-7-9-11-13-15-17-18-19-21-23-25-27-29-34(36)38-33(31-35)32-37-30-28-26-24-22-20-16-14-12-10-8-6-4-2/h33,35H,3-32H2,1-2H3. The Bertz CT molecular complexity index is 454. The third-order valence-corrected chi connectivity index (χ3v) is 7.68. The Morgan fingerprint density at radius 1 is 0.526 bits per heavy atom. The summed E-state index contributed by atoms with van der Waals surface area (Å²) in [6.45, 7) is 5.37. The summed E-state index contributed by atoms with van der Waals surface area (Å²) in [5, 5.41) is 9.52. The molecule has 0 fully saturated rings. The fraction of sp³-hybridized carbons (Fsp3) is 0.971. The first kappa shape index (κ1) is 37.4. The molecular weight excluding hydrogens is 472 g/mol. The Morgan fingerprint density at radius 3 is 1.24 bits per heavy atom. The van der Waals surface area contributed by atoms with E-state index < -0.39 is 6.10 Å². The maximum atomic E-state index is 12.1. The van der Waals surface area contributed by atoms with Crippen molar-refractivity contribution in [2.24, 2.45) is 0 Å². The number of aliphatic hydroxyl groups is 1. The van der Waals surface area contributed by atoms with Crippen LogP contribution in [0.3, 0.4) is 0 Å². The van der Waals surface area contributed by atoms with Gasteiger partial charge in [0.15, 0.2) is 0 Å². The SMILES string of the molecule is CCCCCCCCCCCCCCCCC(=O)OC(CO)COCCCCCCCCCCCCCC. The van der Waals surface area contributed by atoms with Crippen molar-refractivity contribution in [1.82, 2.24) is 0 Å². The zero-order valence-electron chi connectivity index (χ0n) is 26.0. The maximum Gasteiger partial charge on any atom is 0.306 e. The molecule has 1 unspecified atom stereocenters. The van der Waals surface area contributed by atoms with Crippen LogP contribution < -0.4 is 0 Å². The fourth-order valence-corrected chi connectivity index (χ4v) is 5.09. The summed E-state index contributed by atoms with van der Waals surface area (Å²) < 4.78 is 11.1. The quantitative estimate of drug-likeness (QED) is 0.0681. The first-order valence-electron chi connectivity index (χ1n) is 17.1. The predicted molar refractivity (Wildman–Crippen MR) is 164 cm³/mol. The molecule has 4 heteroatoms. The van der Waals surface area contributed by atoms with Crippen LogP contribution in [0.4, 0.5) is 0 Å². The molecule has 0 spiro atoms. The third kappa shape index (κ3) is 29.9. The van der Waals surface area contributed by atoms with Crippen LogP contribution in [-0.2, 0) is 14.3 Å². The van der Waals surface area contributed by atoms with E-state index in [0.717, 1.165) is 19.3 Å². The van der Waals surface area contributed by atoms with E-state index >= 15 is 0 Å². The topological polar surface area (TPSA) is 55.8 Å². The Morgan fingerprint density at radius 2 is 0.868 bits per heavy atom. The number of unbranched alkanes of at least 4 members (excludes halogenated alkanes) is 24. The van der Waals surface area contributed by atoms with E-state index in [1.807, 2.05) is 0 Å². The maximum absolute atomic E-state index is 12.1. The molecular formula is C34H68O4. The number of carbonyl (C=O) groups is 1. The minimum Gasteiger partial charge on any atom is -0.457 e. The molecule has 0 bridgehead atoms. The molecule has 0 aliphatic rings. The van der Waals surface area contributed by atoms with Crippen LogP contribution in [0.25, 0.3) is 0 Å². The van der Waals surface area contributed by atoms with Crippen molar-refractivity contribution in [3.05, 3.63) is 0 Å². The summed E-state index contributed by atoms with van der Waals surface area (Å²) in [4.78, 5) is 12.1. The van der Waals surface area contributed by atoms with Gasteiger partial charge in [-0.25, -0.2) is 0 Å². The first-order valence-corrected chi connectivity index (χ1v) is 17.1. The second-order valence-corrected chi connectivity index (χ2v) is 11.6. The van der Waals surface area contributed by atoms with Gasteiger partial charge in [-0.2, -0.15) is 0 Å². The molecule has 0 aromatic rings. The Balaban J connectivity index is 3.40. The van der Waals surface area contributed by atoms with Gasteiger partial charge in [-0.05, 0) is 12.8 Å². The monoisotopic (exact) mass is 541 g/mol. The molecule has 0 aliphatic heterocycles. The number of ether oxygens (including phenoxy) is 2. The highest BCUT2D eigenvalue weighted by Gasteiger charge is 2.13. The molecule has 0 saturated carbocycles. The van der Waals surface area contributed by atoms with Gasteiger partial charge in [0.2, 0.25) is 0 Å². The van der Waals surface area contributed by atoms with Gasteiger partial charge in [0, 0.05) is 13.0 Å². The molecule has 4 nitrogen and oxygen atoms in total. The summed E-state index contributed by atoms with van der Waals surface area (Å²) in [5.41, 5.74) is 0. The van der Waals surface area contributed by atoms with E-state index in [1.54, 1.807) is 0 Å². The van der Waals surface area contributed by atoms with Crippen molar-refractivity contribution in [2.75, 3.05) is 19.8 Å². The lowest BCUT2D eigenvalue weighted by Gasteiger charge is -2.16. The van der Waals surface area contributed by atoms with Crippen LogP contribution in [0.1, 0.15) is 187 Å². The predicted octanol–water partition coefficient (Wildman–Crippen LogP) is 10.5. The van der Waals surface area contributed by atoms with Crippen LogP contribution in [0.2, 0.25) is 0 Å². The average molecular weight is 541 g/mol. The molecule has 38 heavy (non-hydrogen) atoms. The van der Waals surface area contributed by atoms with Gasteiger partial charge < -0.3 is 14.6 Å². The lowest BCUT2D eigenvalue weighted by Crippen LogP contribution is -2.27. The normalized spacial score (nSPS) is 12.2. The molecule has 228 valence electrons. The highest BCUT2D eigenvalue weighted by atomic mass is 16.6. The minimum atomic E-state index is -0.522. The molecule has 1 atom stereocenters. The lowest BCUT2D eigenvalue weighted by molar-refractivity contribution is -0.154. The Hall–Kier alpha value is -0.610. The molecule has 0 rings (SSSR count). The van der Waals surface area contributed by atoms with Crippen molar-refractivity contribution in [2.45, 2.75) is 193 Å². The van der Waals surface area contributed by atoms with Crippen molar-refractivity contribution in [3.8, 4) is 0 Å². The number of esters is 1. The van der Waals surface area contributed by atoms with Crippen LogP contribution in [-0.4, -0.2) is 37.0 Å². The first-order chi connectivity index (χ1) is 18.7. The second kappa shape index (κ2) is 32.6. The van der Waals surface area contributed by atoms with Gasteiger partial charge in [0.25, 0.3) is 0 Å². The average Bonchev–Trinajstić information content (AvgIpc) is 2.92. The summed E-state index contributed by atoms with van der Waals surface area (Å²) >= 11 is 0. The number of aliphatic hydroxyl groups excluding tert-OH is 1. The number of hydrogen-bond donors (Lipinski definition) is 1. The van der Waals surface area contributed by atoms with Crippen LogP contribution in [0.5, 0.6) is 0 Å². The molecule has 0 aliphatic carbocycles. The van der Waals surface area contributed by atoms with Crippen LogP contribution in [0.15, 0.2) is 0 Å². The molecule has 0 aromatic carbocycles. The molecule has 0 amide bonds. The zero-order valence-corrected chi connectivity index (χ0v) is 26.0.